The van der Waals surface area contributed by atoms with Gasteiger partial charge in [0.05, 0.1) is 26.7 Å². The smallest absolute Gasteiger partial charge is 0.246 e. The summed E-state index contributed by atoms with van der Waals surface area (Å²) in [6.07, 6.45) is 6.00. The molecule has 1 amide bonds. The number of rotatable bonds is 5. The van der Waals surface area contributed by atoms with Crippen LogP contribution in [0.25, 0.3) is 0 Å². The summed E-state index contributed by atoms with van der Waals surface area (Å²) >= 11 is 0. The maximum Gasteiger partial charge on any atom is 0.246 e. The van der Waals surface area contributed by atoms with Gasteiger partial charge in [-0.3, -0.25) is 4.79 Å². The second-order valence-electron chi connectivity index (χ2n) is 9.05. The number of sulfonamides is 1. The molecule has 2 aliphatic heterocycles. The lowest BCUT2D eigenvalue weighted by atomic mass is 9.72. The quantitative estimate of drug-likeness (QED) is 0.689. The Morgan fingerprint density at radius 1 is 1.13 bits per heavy atom. The van der Waals surface area contributed by atoms with Crippen molar-refractivity contribution in [2.24, 2.45) is 11.8 Å². The van der Waals surface area contributed by atoms with Gasteiger partial charge < -0.3 is 14.4 Å². The van der Waals surface area contributed by atoms with E-state index in [0.29, 0.717) is 55.5 Å². The van der Waals surface area contributed by atoms with Gasteiger partial charge >= 0.3 is 0 Å². The predicted molar refractivity (Wildman–Crippen MR) is 118 cm³/mol. The number of ether oxygens (including phenoxy) is 2. The van der Waals surface area contributed by atoms with E-state index < -0.39 is 10.0 Å². The summed E-state index contributed by atoms with van der Waals surface area (Å²) in [5.41, 5.74) is 0.712. The summed E-state index contributed by atoms with van der Waals surface area (Å²) < 4.78 is 38.5. The first-order chi connectivity index (χ1) is 14.9. The first kappa shape index (κ1) is 22.6. The van der Waals surface area contributed by atoms with Crippen molar-refractivity contribution >= 4 is 15.9 Å². The summed E-state index contributed by atoms with van der Waals surface area (Å²) in [6.45, 7) is 4.53. The Balaban J connectivity index is 1.55. The van der Waals surface area contributed by atoms with Crippen LogP contribution in [0.2, 0.25) is 0 Å². The third kappa shape index (κ3) is 4.61. The minimum absolute atomic E-state index is 0.101. The van der Waals surface area contributed by atoms with Gasteiger partial charge in [-0.05, 0) is 48.8 Å². The van der Waals surface area contributed by atoms with E-state index in [4.69, 9.17) is 9.47 Å². The summed E-state index contributed by atoms with van der Waals surface area (Å²) in [4.78, 5) is 15.5. The lowest BCUT2D eigenvalue weighted by Gasteiger charge is -2.47. The maximum atomic E-state index is 13.3. The molecule has 1 aromatic carbocycles. The van der Waals surface area contributed by atoms with E-state index in [1.165, 1.54) is 30.7 Å². The van der Waals surface area contributed by atoms with Gasteiger partial charge in [-0.1, -0.05) is 25.8 Å². The van der Waals surface area contributed by atoms with Crippen molar-refractivity contribution in [2.45, 2.75) is 56.4 Å². The van der Waals surface area contributed by atoms with E-state index in [0.717, 1.165) is 19.4 Å². The Morgan fingerprint density at radius 2 is 1.87 bits per heavy atom. The van der Waals surface area contributed by atoms with Crippen LogP contribution in [-0.4, -0.2) is 69.5 Å². The van der Waals surface area contributed by atoms with E-state index in [1.54, 1.807) is 18.2 Å². The first-order valence-corrected chi connectivity index (χ1v) is 12.9. The Morgan fingerprint density at radius 3 is 2.61 bits per heavy atom. The number of hydrogen-bond acceptors (Lipinski definition) is 5. The van der Waals surface area contributed by atoms with Crippen LogP contribution in [-0.2, 0) is 26.0 Å². The monoisotopic (exact) mass is 450 g/mol. The van der Waals surface area contributed by atoms with Crippen molar-refractivity contribution in [3.8, 4) is 5.75 Å². The fourth-order valence-electron chi connectivity index (χ4n) is 5.46. The van der Waals surface area contributed by atoms with Crippen molar-refractivity contribution in [3.63, 3.8) is 0 Å². The molecule has 8 heteroatoms. The molecule has 0 bridgehead atoms. The number of benzene rings is 1. The molecule has 2 saturated heterocycles. The SMILES string of the molecule is COc1ccc(CC(=O)N2CCC(C)C3CCCCC32)cc1S(=O)(=O)N1CCOCC1. The summed E-state index contributed by atoms with van der Waals surface area (Å²) in [7, 11) is -2.24. The van der Waals surface area contributed by atoms with Gasteiger partial charge in [-0.15, -0.1) is 0 Å². The molecule has 172 valence electrons. The average Bonchev–Trinajstić information content (AvgIpc) is 2.80. The minimum Gasteiger partial charge on any atom is -0.495 e. The molecule has 0 spiro atoms. The summed E-state index contributed by atoms with van der Waals surface area (Å²) in [6, 6.07) is 5.42. The standard InChI is InChI=1S/C23H34N2O5S/c1-17-9-10-25(20-6-4-3-5-19(17)20)23(26)16-18-7-8-21(29-2)22(15-18)31(27,28)24-11-13-30-14-12-24/h7-8,15,17,19-20H,3-6,9-14,16H2,1-2H3. The molecule has 1 aliphatic carbocycles. The molecular weight excluding hydrogens is 416 g/mol. The molecule has 0 aromatic heterocycles. The first-order valence-electron chi connectivity index (χ1n) is 11.5. The second-order valence-corrected chi connectivity index (χ2v) is 11.0. The van der Waals surface area contributed by atoms with Gasteiger partial charge in [0.2, 0.25) is 15.9 Å². The zero-order valence-electron chi connectivity index (χ0n) is 18.6. The number of likely N-dealkylation sites (tertiary alicyclic amines) is 1. The van der Waals surface area contributed by atoms with Crippen LogP contribution < -0.4 is 4.74 Å². The largest absolute Gasteiger partial charge is 0.495 e. The molecule has 1 aromatic rings. The molecule has 7 nitrogen and oxygen atoms in total. The lowest BCUT2D eigenvalue weighted by molar-refractivity contribution is -0.138. The van der Waals surface area contributed by atoms with E-state index in [2.05, 4.69) is 11.8 Å². The molecular formula is C23H34N2O5S. The lowest BCUT2D eigenvalue weighted by Crippen LogP contribution is -2.52. The zero-order chi connectivity index (χ0) is 22.0. The van der Waals surface area contributed by atoms with E-state index in [1.807, 2.05) is 0 Å². The molecule has 0 radical (unpaired) electrons. The minimum atomic E-state index is -3.71. The van der Waals surface area contributed by atoms with Crippen molar-refractivity contribution in [2.75, 3.05) is 40.0 Å². The van der Waals surface area contributed by atoms with E-state index in [-0.39, 0.29) is 17.2 Å². The number of carbonyl (C=O) groups excluding carboxylic acids is 1. The molecule has 3 aliphatic rings. The van der Waals surface area contributed by atoms with Gasteiger partial charge in [0, 0.05) is 25.7 Å². The third-order valence-electron chi connectivity index (χ3n) is 7.23. The molecule has 3 atom stereocenters. The molecule has 0 N–H and O–H groups in total. The van der Waals surface area contributed by atoms with E-state index in [9.17, 15) is 13.2 Å². The Kier molecular flexibility index (Phi) is 6.89. The van der Waals surface area contributed by atoms with Gasteiger partial charge in [0.15, 0.2) is 0 Å². The van der Waals surface area contributed by atoms with Crippen LogP contribution >= 0.6 is 0 Å². The third-order valence-corrected chi connectivity index (χ3v) is 9.15. The maximum absolute atomic E-state index is 13.3. The fourth-order valence-corrected chi connectivity index (χ4v) is 7.07. The van der Waals surface area contributed by atoms with Crippen molar-refractivity contribution < 1.29 is 22.7 Å². The summed E-state index contributed by atoms with van der Waals surface area (Å²) in [5, 5.41) is 0. The molecule has 1 saturated carbocycles. The number of carbonyl (C=O) groups is 1. The normalized spacial score (nSPS) is 27.5. The number of piperidine rings is 1. The molecule has 3 unspecified atom stereocenters. The van der Waals surface area contributed by atoms with Crippen LogP contribution in [0.4, 0.5) is 0 Å². The second kappa shape index (κ2) is 9.46. The molecule has 3 fully saturated rings. The highest BCUT2D eigenvalue weighted by molar-refractivity contribution is 7.89. The van der Waals surface area contributed by atoms with Crippen molar-refractivity contribution in [3.05, 3.63) is 23.8 Å². The number of methoxy groups -OCH3 is 1. The van der Waals surface area contributed by atoms with Crippen LogP contribution in [0, 0.1) is 11.8 Å². The van der Waals surface area contributed by atoms with Gasteiger partial charge in [-0.2, -0.15) is 4.31 Å². The fraction of sp³-hybridized carbons (Fsp3) is 0.696. The highest BCUT2D eigenvalue weighted by Crippen LogP contribution is 2.39. The highest BCUT2D eigenvalue weighted by atomic mass is 32.2. The van der Waals surface area contributed by atoms with Crippen LogP contribution in [0.5, 0.6) is 5.75 Å². The van der Waals surface area contributed by atoms with Gasteiger partial charge in [-0.25, -0.2) is 8.42 Å². The predicted octanol–water partition coefficient (Wildman–Crippen LogP) is 2.69. The van der Waals surface area contributed by atoms with Crippen LogP contribution in [0.1, 0.15) is 44.6 Å². The number of fused-ring (bicyclic) bond motifs is 1. The van der Waals surface area contributed by atoms with Crippen molar-refractivity contribution in [1.82, 2.24) is 9.21 Å². The Hall–Kier alpha value is -1.64. The van der Waals surface area contributed by atoms with Gasteiger partial charge in [0.1, 0.15) is 10.6 Å². The number of morpholine rings is 1. The highest BCUT2D eigenvalue weighted by Gasteiger charge is 2.39. The molecule has 4 rings (SSSR count). The Labute approximate surface area is 185 Å². The van der Waals surface area contributed by atoms with Gasteiger partial charge in [0.25, 0.3) is 0 Å². The average molecular weight is 451 g/mol. The Bertz CT molecular complexity index is 897. The molecule has 2 heterocycles. The zero-order valence-corrected chi connectivity index (χ0v) is 19.4. The van der Waals surface area contributed by atoms with Crippen molar-refractivity contribution in [1.29, 1.82) is 0 Å². The van der Waals surface area contributed by atoms with E-state index >= 15 is 0 Å². The van der Waals surface area contributed by atoms with Crippen LogP contribution in [0.15, 0.2) is 23.1 Å². The topological polar surface area (TPSA) is 76.2 Å². The number of nitrogens with zero attached hydrogens (tertiary/aromatic N) is 2. The number of hydrogen-bond donors (Lipinski definition) is 0. The summed E-state index contributed by atoms with van der Waals surface area (Å²) in [5.74, 6) is 1.67. The number of amides is 1. The molecule has 31 heavy (non-hydrogen) atoms. The van der Waals surface area contributed by atoms with Crippen LogP contribution in [0.3, 0.4) is 0 Å².